The van der Waals surface area contributed by atoms with Gasteiger partial charge < -0.3 is 10.1 Å². The Bertz CT molecular complexity index is 1140. The van der Waals surface area contributed by atoms with E-state index in [1.165, 1.54) is 12.1 Å². The van der Waals surface area contributed by atoms with E-state index in [2.05, 4.69) is 5.32 Å². The van der Waals surface area contributed by atoms with Crippen LogP contribution < -0.4 is 10.2 Å². The molecule has 2 aromatic carbocycles. The molecule has 9 heteroatoms. The fourth-order valence-corrected chi connectivity index (χ4v) is 5.00. The number of halogens is 2. The number of imide groups is 1. The van der Waals surface area contributed by atoms with E-state index < -0.39 is 30.3 Å². The van der Waals surface area contributed by atoms with E-state index in [0.29, 0.717) is 18.5 Å². The van der Waals surface area contributed by atoms with Crippen LogP contribution in [0.1, 0.15) is 34.3 Å². The fourth-order valence-electron chi connectivity index (χ4n) is 4.41. The van der Waals surface area contributed by atoms with E-state index in [0.717, 1.165) is 16.0 Å². The Kier molecular flexibility index (Phi) is 6.96. The molecular weight excluding hydrogens is 479 g/mol. The van der Waals surface area contributed by atoms with Crippen molar-refractivity contribution in [1.82, 2.24) is 0 Å². The van der Waals surface area contributed by atoms with Crippen LogP contribution >= 0.6 is 23.2 Å². The first-order valence-corrected chi connectivity index (χ1v) is 11.8. The molecule has 1 heterocycles. The monoisotopic (exact) mass is 502 g/mol. The first-order valence-electron chi connectivity index (χ1n) is 11.0. The quantitative estimate of drug-likeness (QED) is 0.375. The van der Waals surface area contributed by atoms with E-state index in [4.69, 9.17) is 27.9 Å². The van der Waals surface area contributed by atoms with Gasteiger partial charge in [-0.3, -0.25) is 19.3 Å². The minimum absolute atomic E-state index is 0.123. The lowest BCUT2D eigenvalue weighted by Crippen LogP contribution is -2.34. The van der Waals surface area contributed by atoms with Crippen molar-refractivity contribution in [3.8, 4) is 0 Å². The van der Waals surface area contributed by atoms with Gasteiger partial charge in [0.05, 0.1) is 33.8 Å². The lowest BCUT2D eigenvalue weighted by molar-refractivity contribution is -0.122. The number of rotatable bonds is 5. The van der Waals surface area contributed by atoms with Gasteiger partial charge in [0.2, 0.25) is 11.8 Å². The highest BCUT2D eigenvalue weighted by Crippen LogP contribution is 2.43. The third kappa shape index (κ3) is 4.68. The molecule has 2 aliphatic rings. The highest BCUT2D eigenvalue weighted by atomic mass is 35.5. The molecule has 3 amide bonds. The predicted octanol–water partition coefficient (Wildman–Crippen LogP) is 4.21. The summed E-state index contributed by atoms with van der Waals surface area (Å²) in [5.74, 6) is -2.94. The number of fused-ring (bicyclic) bond motifs is 1. The number of carbonyl (C=O) groups excluding carboxylic acids is 4. The lowest BCUT2D eigenvalue weighted by Gasteiger charge is -2.28. The molecule has 0 radical (unpaired) electrons. The molecule has 0 aromatic heterocycles. The number of amides is 3. The van der Waals surface area contributed by atoms with E-state index in [-0.39, 0.29) is 33.8 Å². The molecule has 1 saturated carbocycles. The Morgan fingerprint density at radius 3 is 2.26 bits per heavy atom. The van der Waals surface area contributed by atoms with Gasteiger partial charge in [-0.1, -0.05) is 18.2 Å². The zero-order valence-corrected chi connectivity index (χ0v) is 20.2. The van der Waals surface area contributed by atoms with Crippen molar-refractivity contribution >= 4 is 58.3 Å². The zero-order chi connectivity index (χ0) is 24.6. The lowest BCUT2D eigenvalue weighted by atomic mass is 9.80. The summed E-state index contributed by atoms with van der Waals surface area (Å²) < 4.78 is 5.15. The summed E-state index contributed by atoms with van der Waals surface area (Å²) >= 11 is 12.5. The number of hydrogen-bond acceptors (Lipinski definition) is 5. The Balaban J connectivity index is 1.42. The average Bonchev–Trinajstić information content (AvgIpc) is 3.05. The number of aryl methyl sites for hydroxylation is 1. The Morgan fingerprint density at radius 2 is 1.62 bits per heavy atom. The number of nitrogens with zero attached hydrogens (tertiary/aromatic N) is 1. The molecule has 4 rings (SSSR count). The SMILES string of the molecule is Cc1cccc(NC(=O)COC(=O)c2cccc(N3C(=O)[C@H]4C[C@@H](Cl)[C@@H](Cl)C[C@H]4C3=O)c2)c1C. The third-order valence-corrected chi connectivity index (χ3v) is 7.56. The van der Waals surface area contributed by atoms with Gasteiger partial charge in [0.1, 0.15) is 0 Å². The number of nitrogens with one attached hydrogen (secondary N) is 1. The van der Waals surface area contributed by atoms with Crippen LogP contribution in [0.3, 0.4) is 0 Å². The Morgan fingerprint density at radius 1 is 1.00 bits per heavy atom. The van der Waals surface area contributed by atoms with Gasteiger partial charge >= 0.3 is 5.97 Å². The molecule has 1 saturated heterocycles. The predicted molar refractivity (Wildman–Crippen MR) is 129 cm³/mol. The second kappa shape index (κ2) is 9.76. The molecule has 2 aromatic rings. The number of alkyl halides is 2. The maximum atomic E-state index is 13.0. The summed E-state index contributed by atoms with van der Waals surface area (Å²) in [6.45, 7) is 3.35. The molecule has 0 bridgehead atoms. The van der Waals surface area contributed by atoms with Gasteiger partial charge in [-0.2, -0.15) is 0 Å². The molecule has 1 aliphatic heterocycles. The van der Waals surface area contributed by atoms with Crippen LogP contribution in [0, 0.1) is 25.7 Å². The summed E-state index contributed by atoms with van der Waals surface area (Å²) in [6.07, 6.45) is 0.664. The molecule has 1 N–H and O–H groups in total. The van der Waals surface area contributed by atoms with Crippen molar-refractivity contribution in [2.75, 3.05) is 16.8 Å². The second-order valence-corrected chi connectivity index (χ2v) is 9.77. The molecule has 0 spiro atoms. The minimum Gasteiger partial charge on any atom is -0.452 e. The summed E-state index contributed by atoms with van der Waals surface area (Å²) in [7, 11) is 0. The molecule has 1 aliphatic carbocycles. The topological polar surface area (TPSA) is 92.8 Å². The maximum Gasteiger partial charge on any atom is 0.338 e. The van der Waals surface area contributed by atoms with Crippen LogP contribution in [0.15, 0.2) is 42.5 Å². The van der Waals surface area contributed by atoms with E-state index in [1.54, 1.807) is 18.2 Å². The van der Waals surface area contributed by atoms with Crippen LogP contribution in [0.25, 0.3) is 0 Å². The first kappa shape index (κ1) is 24.2. The van der Waals surface area contributed by atoms with Gasteiger partial charge in [0.15, 0.2) is 6.61 Å². The third-order valence-electron chi connectivity index (χ3n) is 6.46. The highest BCUT2D eigenvalue weighted by molar-refractivity contribution is 6.31. The van der Waals surface area contributed by atoms with Gasteiger partial charge in [0.25, 0.3) is 5.91 Å². The normalized spacial score (nSPS) is 24.1. The van der Waals surface area contributed by atoms with Crippen molar-refractivity contribution in [3.05, 3.63) is 59.2 Å². The molecule has 7 nitrogen and oxygen atoms in total. The number of benzene rings is 2. The average molecular weight is 503 g/mol. The van der Waals surface area contributed by atoms with Crippen molar-refractivity contribution < 1.29 is 23.9 Å². The molecular formula is C25H24Cl2N2O5. The number of esters is 1. The van der Waals surface area contributed by atoms with Gasteiger partial charge in [-0.05, 0) is 62.1 Å². The van der Waals surface area contributed by atoms with Crippen molar-refractivity contribution in [2.24, 2.45) is 11.8 Å². The Labute approximate surface area is 207 Å². The van der Waals surface area contributed by atoms with Gasteiger partial charge in [-0.25, -0.2) is 4.79 Å². The van der Waals surface area contributed by atoms with Crippen LogP contribution in [-0.4, -0.2) is 41.1 Å². The molecule has 4 atom stereocenters. The molecule has 0 unspecified atom stereocenters. The Hall–Kier alpha value is -2.90. The van der Waals surface area contributed by atoms with Crippen LogP contribution in [0.5, 0.6) is 0 Å². The number of ether oxygens (including phenoxy) is 1. The van der Waals surface area contributed by atoms with E-state index in [9.17, 15) is 19.2 Å². The smallest absolute Gasteiger partial charge is 0.338 e. The van der Waals surface area contributed by atoms with Crippen LogP contribution in [-0.2, 0) is 19.1 Å². The summed E-state index contributed by atoms with van der Waals surface area (Å²) in [4.78, 5) is 51.8. The summed E-state index contributed by atoms with van der Waals surface area (Å²) in [6, 6.07) is 11.6. The summed E-state index contributed by atoms with van der Waals surface area (Å²) in [5, 5.41) is 1.97. The molecule has 34 heavy (non-hydrogen) atoms. The number of carbonyl (C=O) groups is 4. The van der Waals surface area contributed by atoms with Crippen molar-refractivity contribution in [2.45, 2.75) is 37.4 Å². The van der Waals surface area contributed by atoms with Crippen LogP contribution in [0.4, 0.5) is 11.4 Å². The van der Waals surface area contributed by atoms with Crippen molar-refractivity contribution in [1.29, 1.82) is 0 Å². The summed E-state index contributed by atoms with van der Waals surface area (Å²) in [5.41, 5.74) is 3.00. The van der Waals surface area contributed by atoms with Gasteiger partial charge in [-0.15, -0.1) is 23.2 Å². The van der Waals surface area contributed by atoms with Crippen molar-refractivity contribution in [3.63, 3.8) is 0 Å². The standard InChI is InChI=1S/C25H24Cl2N2O5/c1-13-5-3-8-21(14(13)2)28-22(30)12-34-25(33)15-6-4-7-16(9-15)29-23(31)17-10-19(26)20(27)11-18(17)24(29)32/h3-9,17-20H,10-12H2,1-2H3,(H,28,30)/t17-,18+,19+,20-. The van der Waals surface area contributed by atoms with E-state index >= 15 is 0 Å². The number of hydrogen-bond donors (Lipinski definition) is 1. The zero-order valence-electron chi connectivity index (χ0n) is 18.7. The highest BCUT2D eigenvalue weighted by Gasteiger charge is 2.52. The second-order valence-electron chi connectivity index (χ2n) is 8.65. The molecule has 2 fully saturated rings. The van der Waals surface area contributed by atoms with Crippen LogP contribution in [0.2, 0.25) is 0 Å². The number of anilines is 2. The fraction of sp³-hybridized carbons (Fsp3) is 0.360. The van der Waals surface area contributed by atoms with E-state index in [1.807, 2.05) is 26.0 Å². The molecule has 178 valence electrons. The first-order chi connectivity index (χ1) is 16.2. The maximum absolute atomic E-state index is 13.0. The largest absolute Gasteiger partial charge is 0.452 e. The van der Waals surface area contributed by atoms with Gasteiger partial charge in [0, 0.05) is 5.69 Å². The minimum atomic E-state index is -0.740.